The Hall–Kier alpha value is -3.30. The summed E-state index contributed by atoms with van der Waals surface area (Å²) in [7, 11) is 1.59. The Morgan fingerprint density at radius 3 is 2.13 bits per heavy atom. The van der Waals surface area contributed by atoms with E-state index in [4.69, 9.17) is 9.47 Å². The molecular weight excluding hydrogens is 488 g/mol. The Morgan fingerprint density at radius 2 is 1.61 bits per heavy atom. The monoisotopic (exact) mass is 532 g/mol. The number of nitrogens with one attached hydrogen (secondary N) is 3. The van der Waals surface area contributed by atoms with Crippen LogP contribution < -0.4 is 20.7 Å². The third kappa shape index (κ3) is 10.2. The fourth-order valence-corrected chi connectivity index (χ4v) is 4.21. The fourth-order valence-electron chi connectivity index (χ4n) is 4.21. The Labute approximate surface area is 226 Å². The summed E-state index contributed by atoms with van der Waals surface area (Å²) in [4.78, 5) is 52.5. The smallest absolute Gasteiger partial charge is 0.408 e. The Bertz CT molecular complexity index is 949. The van der Waals surface area contributed by atoms with Gasteiger partial charge in [-0.25, -0.2) is 4.79 Å². The number of rotatable bonds is 10. The maximum absolute atomic E-state index is 13.2. The molecule has 10 nitrogen and oxygen atoms in total. The molecule has 3 N–H and O–H groups in total. The molecule has 1 aromatic carbocycles. The van der Waals surface area contributed by atoms with Crippen LogP contribution in [0.5, 0.6) is 5.75 Å². The summed E-state index contributed by atoms with van der Waals surface area (Å²) in [5.41, 5.74) is 0.261. The lowest BCUT2D eigenvalue weighted by Crippen LogP contribution is -2.53. The molecule has 1 fully saturated rings. The minimum absolute atomic E-state index is 0.172. The van der Waals surface area contributed by atoms with Crippen LogP contribution in [-0.2, 0) is 25.7 Å². The number of hydrogen-bond acceptors (Lipinski definition) is 6. The second-order valence-corrected chi connectivity index (χ2v) is 11.2. The van der Waals surface area contributed by atoms with Gasteiger partial charge in [0.05, 0.1) is 7.11 Å². The molecule has 1 aliphatic heterocycles. The quantitative estimate of drug-likeness (QED) is 0.425. The summed E-state index contributed by atoms with van der Waals surface area (Å²) in [5.74, 6) is -0.00274. The summed E-state index contributed by atoms with van der Waals surface area (Å²) in [6.07, 6.45) is 0.837. The van der Waals surface area contributed by atoms with Crippen molar-refractivity contribution in [2.45, 2.75) is 85.0 Å². The van der Waals surface area contributed by atoms with E-state index >= 15 is 0 Å². The van der Waals surface area contributed by atoms with Crippen LogP contribution in [0.25, 0.3) is 0 Å². The van der Waals surface area contributed by atoms with Crippen LogP contribution in [0, 0.1) is 11.8 Å². The molecule has 2 atom stereocenters. The van der Waals surface area contributed by atoms with Gasteiger partial charge in [0.15, 0.2) is 0 Å². The lowest BCUT2D eigenvalue weighted by molar-refractivity contribution is -0.138. The van der Waals surface area contributed by atoms with Crippen molar-refractivity contribution in [1.82, 2.24) is 20.9 Å². The number of carbonyl (C=O) groups is 4. The van der Waals surface area contributed by atoms with Crippen LogP contribution in [0.4, 0.5) is 4.79 Å². The lowest BCUT2D eigenvalue weighted by atomic mass is 9.94. The molecule has 1 heterocycles. The van der Waals surface area contributed by atoms with Gasteiger partial charge < -0.3 is 30.3 Å². The third-order valence-corrected chi connectivity index (χ3v) is 6.25. The molecule has 1 aromatic rings. The van der Waals surface area contributed by atoms with Gasteiger partial charge >= 0.3 is 6.09 Å². The highest BCUT2D eigenvalue weighted by Gasteiger charge is 2.33. The number of piperidine rings is 1. The standard InChI is InChI=1S/C28H44N4O6/c1-18(2)16-23(31-27(36)38-28(4,5)6)26(35)32-14-12-21(13-15-32)25(34)30-19(3)24(33)29-17-20-8-10-22(37-7)11-9-20/h8-11,18-19,21,23H,12-17H2,1-7H3,(H,29,33)(H,30,34)(H,31,36). The van der Waals surface area contributed by atoms with E-state index in [1.807, 2.05) is 38.1 Å². The normalized spacial score (nSPS) is 15.8. The Morgan fingerprint density at radius 1 is 1.00 bits per heavy atom. The van der Waals surface area contributed by atoms with Gasteiger partial charge in [-0.3, -0.25) is 14.4 Å². The number of amides is 4. The molecule has 1 aliphatic rings. The number of benzene rings is 1. The summed E-state index contributed by atoms with van der Waals surface area (Å²) in [6, 6.07) is 6.00. The van der Waals surface area contributed by atoms with Crippen LogP contribution in [0.3, 0.4) is 0 Å². The third-order valence-electron chi connectivity index (χ3n) is 6.25. The van der Waals surface area contributed by atoms with E-state index in [1.165, 1.54) is 0 Å². The molecule has 1 saturated heterocycles. The topological polar surface area (TPSA) is 126 Å². The molecule has 0 aliphatic carbocycles. The van der Waals surface area contributed by atoms with Crippen LogP contribution in [0.15, 0.2) is 24.3 Å². The van der Waals surface area contributed by atoms with Crippen molar-refractivity contribution in [2.75, 3.05) is 20.2 Å². The van der Waals surface area contributed by atoms with E-state index in [1.54, 1.807) is 39.7 Å². The van der Waals surface area contributed by atoms with Crippen molar-refractivity contribution >= 4 is 23.8 Å². The van der Waals surface area contributed by atoms with Crippen LogP contribution in [0.2, 0.25) is 0 Å². The molecule has 10 heteroatoms. The Kier molecular flexibility index (Phi) is 11.4. The first-order valence-electron chi connectivity index (χ1n) is 13.3. The minimum Gasteiger partial charge on any atom is -0.497 e. The minimum atomic E-state index is -0.690. The molecule has 0 bridgehead atoms. The average Bonchev–Trinajstić information content (AvgIpc) is 2.85. The number of likely N-dealkylation sites (tertiary alicyclic amines) is 1. The molecular formula is C28H44N4O6. The maximum Gasteiger partial charge on any atom is 0.408 e. The highest BCUT2D eigenvalue weighted by atomic mass is 16.6. The van der Waals surface area contributed by atoms with Crippen molar-refractivity contribution in [2.24, 2.45) is 11.8 Å². The van der Waals surface area contributed by atoms with Gasteiger partial charge in [0, 0.05) is 25.6 Å². The van der Waals surface area contributed by atoms with Crippen LogP contribution >= 0.6 is 0 Å². The first-order chi connectivity index (χ1) is 17.8. The molecule has 2 rings (SSSR count). The highest BCUT2D eigenvalue weighted by Crippen LogP contribution is 2.20. The van der Waals surface area contributed by atoms with E-state index in [0.717, 1.165) is 11.3 Å². The van der Waals surface area contributed by atoms with Crippen molar-refractivity contribution in [3.8, 4) is 5.75 Å². The zero-order chi connectivity index (χ0) is 28.5. The van der Waals surface area contributed by atoms with Gasteiger partial charge in [-0.15, -0.1) is 0 Å². The molecule has 2 unspecified atom stereocenters. The summed E-state index contributed by atoms with van der Waals surface area (Å²) < 4.78 is 10.5. The van der Waals surface area contributed by atoms with Crippen LogP contribution in [0.1, 0.15) is 66.4 Å². The first-order valence-corrected chi connectivity index (χ1v) is 13.3. The fraction of sp³-hybridized carbons (Fsp3) is 0.643. The van der Waals surface area contributed by atoms with Crippen molar-refractivity contribution in [1.29, 1.82) is 0 Å². The second kappa shape index (κ2) is 14.0. The number of hydrogen-bond donors (Lipinski definition) is 3. The summed E-state index contributed by atoms with van der Waals surface area (Å²) >= 11 is 0. The summed E-state index contributed by atoms with van der Waals surface area (Å²) in [5, 5.41) is 8.35. The predicted molar refractivity (Wildman–Crippen MR) is 144 cm³/mol. The largest absolute Gasteiger partial charge is 0.497 e. The molecule has 0 saturated carbocycles. The number of ether oxygens (including phenoxy) is 2. The van der Waals surface area contributed by atoms with E-state index < -0.39 is 23.8 Å². The van der Waals surface area contributed by atoms with E-state index in [2.05, 4.69) is 16.0 Å². The van der Waals surface area contributed by atoms with Gasteiger partial charge in [-0.2, -0.15) is 0 Å². The number of carbonyl (C=O) groups excluding carboxylic acids is 4. The van der Waals surface area contributed by atoms with Gasteiger partial charge in [0.1, 0.15) is 23.4 Å². The maximum atomic E-state index is 13.2. The molecule has 4 amide bonds. The Balaban J connectivity index is 1.83. The van der Waals surface area contributed by atoms with Crippen molar-refractivity contribution in [3.05, 3.63) is 29.8 Å². The number of methoxy groups -OCH3 is 1. The van der Waals surface area contributed by atoms with Crippen molar-refractivity contribution < 1.29 is 28.7 Å². The van der Waals surface area contributed by atoms with Gasteiger partial charge in [-0.05, 0) is 70.6 Å². The van der Waals surface area contributed by atoms with Gasteiger partial charge in [0.2, 0.25) is 17.7 Å². The van der Waals surface area contributed by atoms with Crippen molar-refractivity contribution in [3.63, 3.8) is 0 Å². The average molecular weight is 533 g/mol. The second-order valence-electron chi connectivity index (χ2n) is 11.2. The van der Waals surface area contributed by atoms with Gasteiger partial charge in [0.25, 0.3) is 0 Å². The van der Waals surface area contributed by atoms with Crippen LogP contribution in [-0.4, -0.2) is 66.6 Å². The molecule has 0 aromatic heterocycles. The molecule has 38 heavy (non-hydrogen) atoms. The lowest BCUT2D eigenvalue weighted by Gasteiger charge is -2.34. The van der Waals surface area contributed by atoms with E-state index in [9.17, 15) is 19.2 Å². The van der Waals surface area contributed by atoms with E-state index in [0.29, 0.717) is 38.9 Å². The molecule has 0 spiro atoms. The number of nitrogens with zero attached hydrogens (tertiary/aromatic N) is 1. The zero-order valence-corrected chi connectivity index (χ0v) is 23.8. The molecule has 212 valence electrons. The van der Waals surface area contributed by atoms with E-state index in [-0.39, 0.29) is 29.6 Å². The predicted octanol–water partition coefficient (Wildman–Crippen LogP) is 2.99. The SMILES string of the molecule is COc1ccc(CNC(=O)C(C)NC(=O)C2CCN(C(=O)C(CC(C)C)NC(=O)OC(C)(C)C)CC2)cc1. The zero-order valence-electron chi connectivity index (χ0n) is 23.8. The first kappa shape index (κ1) is 30.9. The van der Waals surface area contributed by atoms with Gasteiger partial charge in [-0.1, -0.05) is 26.0 Å². The highest BCUT2D eigenvalue weighted by molar-refractivity contribution is 5.89. The summed E-state index contributed by atoms with van der Waals surface area (Å²) in [6.45, 7) is 12.1. The number of alkyl carbamates (subject to hydrolysis) is 1. The molecule has 0 radical (unpaired) electrons.